The first-order valence-corrected chi connectivity index (χ1v) is 21.2. The van der Waals surface area contributed by atoms with E-state index in [1.807, 2.05) is 49.9 Å². The number of nitrogen functional groups attached to an aromatic ring is 1. The molecule has 1 aliphatic carbocycles. The van der Waals surface area contributed by atoms with Crippen molar-refractivity contribution in [2.75, 3.05) is 45.0 Å². The van der Waals surface area contributed by atoms with Gasteiger partial charge < -0.3 is 24.7 Å². The van der Waals surface area contributed by atoms with E-state index in [1.165, 1.54) is 0 Å². The van der Waals surface area contributed by atoms with E-state index in [1.54, 1.807) is 88.0 Å². The van der Waals surface area contributed by atoms with Crippen LogP contribution >= 0.6 is 0 Å². The van der Waals surface area contributed by atoms with Gasteiger partial charge in [-0.1, -0.05) is 45.7 Å². The van der Waals surface area contributed by atoms with Crippen LogP contribution in [-0.4, -0.2) is 124 Å². The van der Waals surface area contributed by atoms with E-state index in [0.29, 0.717) is 31.4 Å². The van der Waals surface area contributed by atoms with Gasteiger partial charge in [0.1, 0.15) is 28.2 Å². The van der Waals surface area contributed by atoms with Gasteiger partial charge in [0.15, 0.2) is 0 Å². The lowest BCUT2D eigenvalue weighted by atomic mass is 9.86. The second-order valence-corrected chi connectivity index (χ2v) is 21.4. The summed E-state index contributed by atoms with van der Waals surface area (Å²) < 4.78 is 23.1. The summed E-state index contributed by atoms with van der Waals surface area (Å²) in [5.41, 5.74) is 4.29. The zero-order valence-corrected chi connectivity index (χ0v) is 39.1. The van der Waals surface area contributed by atoms with E-state index in [4.69, 9.17) is 24.7 Å². The quantitative estimate of drug-likeness (QED) is 0.0940. The Kier molecular flexibility index (Phi) is 18.6. The Labute approximate surface area is 355 Å². The zero-order valence-electron chi connectivity index (χ0n) is 39.1. The third-order valence-corrected chi connectivity index (χ3v) is 9.16. The van der Waals surface area contributed by atoms with Crippen molar-refractivity contribution in [3.8, 4) is 0 Å². The lowest BCUT2D eigenvalue weighted by Crippen LogP contribution is -2.60. The molecule has 0 amide bonds. The van der Waals surface area contributed by atoms with Gasteiger partial charge >= 0.3 is 23.9 Å². The number of hydrogen-bond donors (Lipinski definition) is 1. The highest BCUT2D eigenvalue weighted by Crippen LogP contribution is 2.30. The molecule has 3 atom stereocenters. The Morgan fingerprint density at radius 2 is 0.949 bits per heavy atom. The Morgan fingerprint density at radius 3 is 1.32 bits per heavy atom. The van der Waals surface area contributed by atoms with Crippen LogP contribution < -0.4 is 5.73 Å². The van der Waals surface area contributed by atoms with Crippen molar-refractivity contribution < 1.29 is 42.9 Å². The predicted molar refractivity (Wildman–Crippen MR) is 232 cm³/mol. The topological polar surface area (TPSA) is 158 Å². The largest absolute Gasteiger partial charge is 0.459 e. The molecule has 0 radical (unpaired) electrons. The monoisotopic (exact) mass is 831 g/mol. The Hall–Kier alpha value is -3.55. The maximum absolute atomic E-state index is 14.1. The maximum atomic E-state index is 14.1. The van der Waals surface area contributed by atoms with Gasteiger partial charge in [0.2, 0.25) is 0 Å². The molecule has 13 heteroatoms. The van der Waals surface area contributed by atoms with Gasteiger partial charge in [-0.2, -0.15) is 0 Å². The van der Waals surface area contributed by atoms with Crippen molar-refractivity contribution in [2.45, 2.75) is 183 Å². The molecule has 59 heavy (non-hydrogen) atoms. The summed E-state index contributed by atoms with van der Waals surface area (Å²) in [7, 11) is 0. The summed E-state index contributed by atoms with van der Waals surface area (Å²) in [6, 6.07) is 6.32. The maximum Gasteiger partial charge on any atom is 0.320 e. The molecule has 2 rings (SSSR count). The highest BCUT2D eigenvalue weighted by Gasteiger charge is 2.40. The second-order valence-electron chi connectivity index (χ2n) is 21.4. The van der Waals surface area contributed by atoms with Crippen molar-refractivity contribution in [3.63, 3.8) is 0 Å². The molecular formula is C46H78N4O9. The third kappa shape index (κ3) is 22.0. The molecule has 336 valence electrons. The first-order valence-electron chi connectivity index (χ1n) is 21.2. The molecule has 13 nitrogen and oxygen atoms in total. The molecule has 0 aromatic heterocycles. The number of ether oxygens (including phenoxy) is 4. The van der Waals surface area contributed by atoms with Crippen LogP contribution in [0.4, 0.5) is 5.69 Å². The van der Waals surface area contributed by atoms with Crippen molar-refractivity contribution in [3.05, 3.63) is 29.8 Å². The number of Topliss-reactive ketones (excluding diaryl/α,β-unsaturated/α-hetero) is 1. The summed E-state index contributed by atoms with van der Waals surface area (Å²) >= 11 is 0. The zero-order chi connectivity index (χ0) is 45.1. The summed E-state index contributed by atoms with van der Waals surface area (Å²) in [5, 5.41) is 0. The van der Waals surface area contributed by atoms with Crippen LogP contribution in [0.3, 0.4) is 0 Å². The van der Waals surface area contributed by atoms with Gasteiger partial charge in [-0.25, -0.2) is 0 Å². The van der Waals surface area contributed by atoms with Gasteiger partial charge in [0.05, 0.1) is 32.7 Å². The number of benzene rings is 1. The lowest BCUT2D eigenvalue weighted by Gasteiger charge is -2.46. The molecular weight excluding hydrogens is 753 g/mol. The van der Waals surface area contributed by atoms with Crippen molar-refractivity contribution >= 4 is 35.3 Å². The van der Waals surface area contributed by atoms with Gasteiger partial charge in [-0.15, -0.1) is 0 Å². The van der Waals surface area contributed by atoms with Crippen LogP contribution in [0.15, 0.2) is 24.3 Å². The number of esters is 4. The van der Waals surface area contributed by atoms with Crippen LogP contribution in [0.2, 0.25) is 0 Å². The fraction of sp³-hybridized carbons (Fsp3) is 0.761. The van der Waals surface area contributed by atoms with Gasteiger partial charge in [0, 0.05) is 36.8 Å². The summed E-state index contributed by atoms with van der Waals surface area (Å²) in [5.74, 6) is -1.92. The summed E-state index contributed by atoms with van der Waals surface area (Å²) in [4.78, 5) is 74.1. The number of carbonyl (C=O) groups is 5. The molecule has 2 N–H and O–H groups in total. The molecule has 1 fully saturated rings. The Bertz CT molecular complexity index is 1480. The van der Waals surface area contributed by atoms with Crippen LogP contribution in [0, 0.1) is 5.41 Å². The van der Waals surface area contributed by atoms with Crippen LogP contribution in [0.5, 0.6) is 0 Å². The highest BCUT2D eigenvalue weighted by atomic mass is 16.6. The minimum atomic E-state index is -0.770. The molecule has 0 unspecified atom stereocenters. The average Bonchev–Trinajstić information content (AvgIpc) is 3.00. The second kappa shape index (κ2) is 21.3. The molecule has 0 spiro atoms. The van der Waals surface area contributed by atoms with Crippen LogP contribution in [-0.2, 0) is 49.3 Å². The number of nitrogens with two attached hydrogens (primary N) is 1. The molecule has 1 aromatic carbocycles. The minimum Gasteiger partial charge on any atom is -0.459 e. The van der Waals surface area contributed by atoms with Crippen molar-refractivity contribution in [2.24, 2.45) is 5.41 Å². The van der Waals surface area contributed by atoms with Crippen LogP contribution in [0.1, 0.15) is 142 Å². The van der Waals surface area contributed by atoms with Gasteiger partial charge in [-0.05, 0) is 125 Å². The van der Waals surface area contributed by atoms with Crippen LogP contribution in [0.25, 0.3) is 0 Å². The lowest BCUT2D eigenvalue weighted by molar-refractivity contribution is -0.163. The van der Waals surface area contributed by atoms with E-state index in [2.05, 4.69) is 4.90 Å². The van der Waals surface area contributed by atoms with E-state index >= 15 is 0 Å². The first-order chi connectivity index (χ1) is 26.8. The number of ketones is 1. The SMILES string of the molecule is CC(C)(C)CC(=O)CN(C[C@@H](Cc1ccc(N)cc1)N(CC(=O)OC(C)(C)C)CC(=O)OC(C)(C)C)[C@H]1CCCC[C@@H]1N(CC(=O)OC(C)(C)C)CC(=O)OC(C)(C)C. The van der Waals surface area contributed by atoms with Crippen molar-refractivity contribution in [1.82, 2.24) is 14.7 Å². The molecule has 1 aliphatic rings. The number of rotatable bonds is 18. The smallest absolute Gasteiger partial charge is 0.320 e. The first kappa shape index (κ1) is 51.6. The fourth-order valence-corrected chi connectivity index (χ4v) is 7.40. The summed E-state index contributed by atoms with van der Waals surface area (Å²) in [6.07, 6.45) is 3.76. The predicted octanol–water partition coefficient (Wildman–Crippen LogP) is 6.77. The van der Waals surface area contributed by atoms with E-state index in [-0.39, 0.29) is 62.6 Å². The molecule has 0 aliphatic heterocycles. The summed E-state index contributed by atoms with van der Waals surface area (Å²) in [6.45, 7) is 27.3. The van der Waals surface area contributed by atoms with Gasteiger partial charge in [0.25, 0.3) is 0 Å². The standard InChI is InChI=1S/C46H78N4O9/c1-42(2,3)25-35(51)27-49(36-18-16-17-19-37(36)50(30-40(54)58-45(10,11)12)31-41(55)59-46(13,14)15)26-34(24-32-20-22-33(47)23-21-32)48(28-38(52)56-43(4,5)6)29-39(53)57-44(7,8)9/h20-23,34,36-37H,16-19,24-31,47H2,1-15H3/t34-,36+,37+/m1/s1. The fourth-order valence-electron chi connectivity index (χ4n) is 7.40. The van der Waals surface area contributed by atoms with E-state index in [9.17, 15) is 24.0 Å². The normalized spacial score (nSPS) is 17.5. The third-order valence-electron chi connectivity index (χ3n) is 9.16. The van der Waals surface area contributed by atoms with E-state index in [0.717, 1.165) is 18.4 Å². The number of nitrogens with zero attached hydrogens (tertiary/aromatic N) is 3. The number of hydrogen-bond acceptors (Lipinski definition) is 13. The highest BCUT2D eigenvalue weighted by molar-refractivity contribution is 5.81. The molecule has 0 saturated heterocycles. The van der Waals surface area contributed by atoms with E-state index < -0.39 is 52.3 Å². The average molecular weight is 831 g/mol. The Morgan fingerprint density at radius 1 is 0.576 bits per heavy atom. The molecule has 1 saturated carbocycles. The van der Waals surface area contributed by atoms with Gasteiger partial charge in [-0.3, -0.25) is 38.7 Å². The molecule has 0 heterocycles. The minimum absolute atomic E-state index is 0.0322. The Balaban J connectivity index is 2.80. The molecule has 1 aromatic rings. The number of carbonyl (C=O) groups excluding carboxylic acids is 5. The van der Waals surface area contributed by atoms with Crippen molar-refractivity contribution in [1.29, 1.82) is 0 Å². The molecule has 0 bridgehead atoms. The number of anilines is 1.